The first-order valence-corrected chi connectivity index (χ1v) is 6.01. The van der Waals surface area contributed by atoms with Gasteiger partial charge in [0, 0.05) is 4.88 Å². The summed E-state index contributed by atoms with van der Waals surface area (Å²) in [4.78, 5) is 24.0. The minimum Gasteiger partial charge on any atom is -0.478 e. The van der Waals surface area contributed by atoms with Gasteiger partial charge >= 0.3 is 11.9 Å². The highest BCUT2D eigenvalue weighted by Gasteiger charge is 2.27. The molecule has 1 rings (SSSR count). The summed E-state index contributed by atoms with van der Waals surface area (Å²) < 4.78 is 5.19. The molecule has 0 unspecified atom stereocenters. The van der Waals surface area contributed by atoms with Gasteiger partial charge in [0.25, 0.3) is 0 Å². The number of ether oxygens (including phenoxy) is 1. The molecular formula is C12H16O4S. The second-order valence-electron chi connectivity index (χ2n) is 4.79. The van der Waals surface area contributed by atoms with E-state index in [0.29, 0.717) is 5.56 Å². The number of rotatable bonds is 2. The maximum atomic E-state index is 11.9. The monoisotopic (exact) mass is 256 g/mol. The molecule has 94 valence electrons. The van der Waals surface area contributed by atoms with Crippen molar-refractivity contribution in [3.8, 4) is 0 Å². The third kappa shape index (κ3) is 3.06. The zero-order chi connectivity index (χ0) is 13.4. The first-order chi connectivity index (χ1) is 7.63. The van der Waals surface area contributed by atoms with E-state index >= 15 is 0 Å². The lowest BCUT2D eigenvalue weighted by Crippen LogP contribution is -2.24. The Labute approximate surface area is 104 Å². The van der Waals surface area contributed by atoms with Crippen molar-refractivity contribution in [2.45, 2.75) is 40.2 Å². The Morgan fingerprint density at radius 1 is 1.24 bits per heavy atom. The molecule has 0 fully saturated rings. The number of thiophene rings is 1. The van der Waals surface area contributed by atoms with Gasteiger partial charge in [0.15, 0.2) is 0 Å². The first kappa shape index (κ1) is 13.7. The van der Waals surface area contributed by atoms with E-state index in [1.807, 2.05) is 0 Å². The van der Waals surface area contributed by atoms with Crippen LogP contribution >= 0.6 is 11.3 Å². The molecule has 0 spiro atoms. The van der Waals surface area contributed by atoms with Crippen molar-refractivity contribution < 1.29 is 19.4 Å². The van der Waals surface area contributed by atoms with Crippen LogP contribution in [0.3, 0.4) is 0 Å². The van der Waals surface area contributed by atoms with Gasteiger partial charge in [0.05, 0.1) is 5.56 Å². The quantitative estimate of drug-likeness (QED) is 0.826. The Morgan fingerprint density at radius 3 is 2.18 bits per heavy atom. The van der Waals surface area contributed by atoms with E-state index < -0.39 is 17.5 Å². The van der Waals surface area contributed by atoms with Gasteiger partial charge < -0.3 is 9.84 Å². The number of hydrogen-bond acceptors (Lipinski definition) is 4. The minimum atomic E-state index is -1.09. The number of hydrogen-bond donors (Lipinski definition) is 1. The topological polar surface area (TPSA) is 63.6 Å². The van der Waals surface area contributed by atoms with Crippen molar-refractivity contribution in [2.75, 3.05) is 0 Å². The Balaban J connectivity index is 3.19. The Kier molecular flexibility index (Phi) is 3.62. The molecule has 0 radical (unpaired) electrons. The summed E-state index contributed by atoms with van der Waals surface area (Å²) in [6.45, 7) is 8.74. The number of aromatic carboxylic acids is 1. The highest BCUT2D eigenvalue weighted by Crippen LogP contribution is 2.29. The van der Waals surface area contributed by atoms with Crippen molar-refractivity contribution >= 4 is 23.3 Å². The van der Waals surface area contributed by atoms with Crippen molar-refractivity contribution in [2.24, 2.45) is 0 Å². The predicted molar refractivity (Wildman–Crippen MR) is 65.9 cm³/mol. The molecule has 0 saturated heterocycles. The molecule has 0 bridgehead atoms. The van der Waals surface area contributed by atoms with Crippen LogP contribution < -0.4 is 0 Å². The molecule has 5 heteroatoms. The predicted octanol–water partition coefficient (Wildman–Crippen LogP) is 3.02. The van der Waals surface area contributed by atoms with Crippen LogP contribution in [0.15, 0.2) is 0 Å². The number of carboxylic acids is 1. The maximum absolute atomic E-state index is 11.9. The summed E-state index contributed by atoms with van der Waals surface area (Å²) in [5.74, 6) is -1.66. The molecule has 0 aliphatic rings. The molecule has 0 aliphatic heterocycles. The van der Waals surface area contributed by atoms with E-state index in [0.717, 1.165) is 16.2 Å². The molecule has 1 aromatic heterocycles. The second kappa shape index (κ2) is 4.49. The molecule has 0 atom stereocenters. The van der Waals surface area contributed by atoms with Gasteiger partial charge in [-0.25, -0.2) is 9.59 Å². The molecule has 0 saturated carbocycles. The van der Waals surface area contributed by atoms with E-state index in [-0.39, 0.29) is 10.4 Å². The fraction of sp³-hybridized carbons (Fsp3) is 0.500. The molecule has 4 nitrogen and oxygen atoms in total. The maximum Gasteiger partial charge on any atom is 0.349 e. The average molecular weight is 256 g/mol. The van der Waals surface area contributed by atoms with Crippen LogP contribution in [0.5, 0.6) is 0 Å². The largest absolute Gasteiger partial charge is 0.478 e. The standard InChI is InChI=1S/C12H16O4S/c1-6-7(2)17-9(8(6)10(13)14)11(15)16-12(3,4)5/h1-5H3,(H,13,14). The van der Waals surface area contributed by atoms with Crippen LogP contribution in [0.1, 0.15) is 51.2 Å². The third-order valence-corrected chi connectivity index (χ3v) is 3.37. The van der Waals surface area contributed by atoms with E-state index in [4.69, 9.17) is 9.84 Å². The molecule has 1 N–H and O–H groups in total. The normalized spacial score (nSPS) is 11.4. The van der Waals surface area contributed by atoms with Gasteiger partial charge in [-0.1, -0.05) is 0 Å². The van der Waals surface area contributed by atoms with Gasteiger partial charge in [0.2, 0.25) is 0 Å². The molecule has 1 heterocycles. The van der Waals surface area contributed by atoms with E-state index in [2.05, 4.69) is 0 Å². The Bertz CT molecular complexity index is 466. The lowest BCUT2D eigenvalue weighted by Gasteiger charge is -2.19. The highest BCUT2D eigenvalue weighted by molar-refractivity contribution is 7.14. The van der Waals surface area contributed by atoms with Crippen LogP contribution in [0.25, 0.3) is 0 Å². The molecule has 0 aromatic carbocycles. The van der Waals surface area contributed by atoms with Gasteiger partial charge in [0.1, 0.15) is 10.5 Å². The van der Waals surface area contributed by atoms with Crippen molar-refractivity contribution in [3.63, 3.8) is 0 Å². The second-order valence-corrected chi connectivity index (χ2v) is 6.02. The van der Waals surface area contributed by atoms with Crippen LogP contribution in [-0.2, 0) is 4.74 Å². The SMILES string of the molecule is Cc1sc(C(=O)OC(C)(C)C)c(C(=O)O)c1C. The number of carbonyl (C=O) groups is 2. The molecular weight excluding hydrogens is 240 g/mol. The van der Waals surface area contributed by atoms with Gasteiger partial charge in [-0.05, 0) is 40.2 Å². The lowest BCUT2D eigenvalue weighted by molar-refractivity contribution is 0.00717. The van der Waals surface area contributed by atoms with Crippen LogP contribution in [0, 0.1) is 13.8 Å². The molecule has 0 amide bonds. The average Bonchev–Trinajstić information content (AvgIpc) is 2.40. The van der Waals surface area contributed by atoms with Crippen molar-refractivity contribution in [3.05, 3.63) is 20.9 Å². The third-order valence-electron chi connectivity index (χ3n) is 2.18. The summed E-state index contributed by atoms with van der Waals surface area (Å²) in [5, 5.41) is 9.11. The van der Waals surface area contributed by atoms with Crippen molar-refractivity contribution in [1.29, 1.82) is 0 Å². The van der Waals surface area contributed by atoms with E-state index in [1.54, 1.807) is 34.6 Å². The summed E-state index contributed by atoms with van der Waals surface area (Å²) >= 11 is 1.16. The fourth-order valence-electron chi connectivity index (χ4n) is 1.35. The number of aryl methyl sites for hydroxylation is 1. The summed E-state index contributed by atoms with van der Waals surface area (Å²) in [6.07, 6.45) is 0. The van der Waals surface area contributed by atoms with Gasteiger partial charge in [-0.2, -0.15) is 0 Å². The fourth-order valence-corrected chi connectivity index (χ4v) is 2.38. The summed E-state index contributed by atoms with van der Waals surface area (Å²) in [5.41, 5.74) is 0.0590. The zero-order valence-electron chi connectivity index (χ0n) is 10.6. The number of carbonyl (C=O) groups excluding carboxylic acids is 1. The lowest BCUT2D eigenvalue weighted by atomic mass is 10.1. The molecule has 1 aromatic rings. The van der Waals surface area contributed by atoms with E-state index in [9.17, 15) is 9.59 Å². The number of carboxylic acid groups (broad SMARTS) is 1. The van der Waals surface area contributed by atoms with Crippen LogP contribution in [0.2, 0.25) is 0 Å². The summed E-state index contributed by atoms with van der Waals surface area (Å²) in [7, 11) is 0. The molecule has 17 heavy (non-hydrogen) atoms. The van der Waals surface area contributed by atoms with Crippen molar-refractivity contribution in [1.82, 2.24) is 0 Å². The van der Waals surface area contributed by atoms with Gasteiger partial charge in [-0.15, -0.1) is 11.3 Å². The Hall–Kier alpha value is -1.36. The number of esters is 1. The highest BCUT2D eigenvalue weighted by atomic mass is 32.1. The van der Waals surface area contributed by atoms with Crippen LogP contribution in [0.4, 0.5) is 0 Å². The Morgan fingerprint density at radius 2 is 1.76 bits per heavy atom. The van der Waals surface area contributed by atoms with E-state index in [1.165, 1.54) is 0 Å². The first-order valence-electron chi connectivity index (χ1n) is 5.20. The zero-order valence-corrected chi connectivity index (χ0v) is 11.4. The summed E-state index contributed by atoms with van der Waals surface area (Å²) in [6, 6.07) is 0. The minimum absolute atomic E-state index is 0.0572. The van der Waals surface area contributed by atoms with Gasteiger partial charge in [-0.3, -0.25) is 0 Å². The van der Waals surface area contributed by atoms with Crippen LogP contribution in [-0.4, -0.2) is 22.6 Å². The molecule has 0 aliphatic carbocycles. The smallest absolute Gasteiger partial charge is 0.349 e.